The van der Waals surface area contributed by atoms with E-state index in [1.807, 2.05) is 54.6 Å². The molecule has 0 unspecified atom stereocenters. The highest BCUT2D eigenvalue weighted by atomic mass is 16.5. The number of fused-ring (bicyclic) bond motifs is 1. The van der Waals surface area contributed by atoms with Crippen LogP contribution in [0.5, 0.6) is 11.5 Å². The van der Waals surface area contributed by atoms with Crippen LogP contribution in [0, 0.1) is 0 Å². The molecule has 3 N–H and O–H groups in total. The lowest BCUT2D eigenvalue weighted by Gasteiger charge is -2.21. The molecule has 5 aromatic rings. The van der Waals surface area contributed by atoms with Crippen molar-refractivity contribution in [1.29, 1.82) is 0 Å². The van der Waals surface area contributed by atoms with Crippen LogP contribution in [0.15, 0.2) is 91.0 Å². The Hall–Kier alpha value is -5.64. The number of carbonyl (C=O) groups is 3. The van der Waals surface area contributed by atoms with Gasteiger partial charge in [0.05, 0.1) is 31.2 Å². The van der Waals surface area contributed by atoms with E-state index in [4.69, 9.17) is 14.5 Å². The van der Waals surface area contributed by atoms with Crippen molar-refractivity contribution in [2.45, 2.75) is 58.4 Å². The van der Waals surface area contributed by atoms with E-state index in [-0.39, 0.29) is 18.9 Å². The van der Waals surface area contributed by atoms with Gasteiger partial charge in [-0.2, -0.15) is 0 Å². The third-order valence-corrected chi connectivity index (χ3v) is 8.33. The van der Waals surface area contributed by atoms with E-state index in [0.717, 1.165) is 52.3 Å². The third-order valence-electron chi connectivity index (χ3n) is 8.33. The number of imidazole rings is 1. The molecule has 260 valence electrons. The van der Waals surface area contributed by atoms with Gasteiger partial charge < -0.3 is 29.8 Å². The normalized spacial score (nSPS) is 10.9. The second kappa shape index (κ2) is 17.7. The number of amides is 2. The van der Waals surface area contributed by atoms with Crippen LogP contribution in [0.4, 0.5) is 5.69 Å². The average Bonchev–Trinajstić information content (AvgIpc) is 3.52. The Kier molecular flexibility index (Phi) is 12.6. The number of unbranched alkanes of at least 4 members (excludes halogenated alkanes) is 4. The number of ether oxygens (including phenoxy) is 2. The molecule has 0 radical (unpaired) electrons. The summed E-state index contributed by atoms with van der Waals surface area (Å²) in [6.45, 7) is 2.55. The van der Waals surface area contributed by atoms with Crippen molar-refractivity contribution in [2.75, 3.05) is 25.6 Å². The summed E-state index contributed by atoms with van der Waals surface area (Å²) < 4.78 is 11.0. The number of nitrogens with zero attached hydrogens (tertiary/aromatic N) is 2. The molecule has 2 amide bonds. The Morgan fingerprint density at radius 2 is 1.50 bits per heavy atom. The Morgan fingerprint density at radius 3 is 2.20 bits per heavy atom. The van der Waals surface area contributed by atoms with Crippen molar-refractivity contribution in [1.82, 2.24) is 14.9 Å². The van der Waals surface area contributed by atoms with Gasteiger partial charge in [-0.3, -0.25) is 14.4 Å². The van der Waals surface area contributed by atoms with E-state index < -0.39 is 18.4 Å². The van der Waals surface area contributed by atoms with Gasteiger partial charge in [0, 0.05) is 24.2 Å². The van der Waals surface area contributed by atoms with Crippen LogP contribution in [0.25, 0.3) is 11.0 Å². The van der Waals surface area contributed by atoms with Gasteiger partial charge >= 0.3 is 5.97 Å². The number of hydrogen-bond donors (Lipinski definition) is 3. The molecule has 0 aliphatic heterocycles. The molecular formula is C40H44N4O6. The zero-order valence-electron chi connectivity index (χ0n) is 28.6. The van der Waals surface area contributed by atoms with E-state index in [0.29, 0.717) is 23.4 Å². The van der Waals surface area contributed by atoms with E-state index >= 15 is 0 Å². The number of hydrogen-bond acceptors (Lipinski definition) is 6. The number of nitrogens with one attached hydrogen (secondary N) is 2. The highest BCUT2D eigenvalue weighted by molar-refractivity contribution is 5.97. The Morgan fingerprint density at radius 1 is 0.820 bits per heavy atom. The van der Waals surface area contributed by atoms with Crippen LogP contribution in [-0.4, -0.2) is 58.0 Å². The molecule has 0 fully saturated rings. The quantitative estimate of drug-likeness (QED) is 0.0823. The fourth-order valence-corrected chi connectivity index (χ4v) is 5.67. The summed E-state index contributed by atoms with van der Waals surface area (Å²) in [4.78, 5) is 47.2. The van der Waals surface area contributed by atoms with Crippen LogP contribution in [-0.2, 0) is 29.0 Å². The summed E-state index contributed by atoms with van der Waals surface area (Å²) in [5.74, 6) is 0.621. The smallest absolute Gasteiger partial charge is 0.323 e. The number of H-pyrrole nitrogens is 1. The van der Waals surface area contributed by atoms with Crippen LogP contribution in [0.2, 0.25) is 0 Å². The summed E-state index contributed by atoms with van der Waals surface area (Å²) >= 11 is 0. The molecule has 4 aromatic carbocycles. The minimum absolute atomic E-state index is 0.0870. The summed E-state index contributed by atoms with van der Waals surface area (Å²) in [6, 6.07) is 27.4. The lowest BCUT2D eigenvalue weighted by Crippen LogP contribution is -2.35. The first-order chi connectivity index (χ1) is 24.3. The number of carboxylic acids is 1. The third kappa shape index (κ3) is 10.4. The molecule has 0 aliphatic carbocycles. The highest BCUT2D eigenvalue weighted by Gasteiger charge is 2.20. The number of carbonyl (C=O) groups excluding carboxylic acids is 2. The lowest BCUT2D eigenvalue weighted by atomic mass is 10.1. The molecule has 5 rings (SSSR count). The van der Waals surface area contributed by atoms with Gasteiger partial charge in [0.15, 0.2) is 0 Å². The van der Waals surface area contributed by atoms with Gasteiger partial charge in [-0.15, -0.1) is 0 Å². The zero-order chi connectivity index (χ0) is 35.3. The number of anilines is 1. The SMILES string of the molecule is CCCCCCCOc1ccc(Cc2nc3cc(CN(CC(=O)O)C(=O)c4ccc(NC(=O)Cc5ccc(OC)cc5)cc4)ccc3[nH]2)cc1. The molecule has 1 heterocycles. The first-order valence-electron chi connectivity index (χ1n) is 17.0. The van der Waals surface area contributed by atoms with E-state index in [2.05, 4.69) is 17.2 Å². The van der Waals surface area contributed by atoms with Gasteiger partial charge in [-0.05, 0) is 83.8 Å². The predicted molar refractivity (Wildman–Crippen MR) is 194 cm³/mol. The molecule has 0 atom stereocenters. The Bertz CT molecular complexity index is 1870. The van der Waals surface area contributed by atoms with Gasteiger partial charge in [0.1, 0.15) is 23.9 Å². The van der Waals surface area contributed by atoms with Gasteiger partial charge in [-0.1, -0.05) is 62.9 Å². The number of methoxy groups -OCH3 is 1. The fraction of sp³-hybridized carbons (Fsp3) is 0.300. The molecular weight excluding hydrogens is 632 g/mol. The highest BCUT2D eigenvalue weighted by Crippen LogP contribution is 2.21. The first kappa shape index (κ1) is 35.7. The van der Waals surface area contributed by atoms with Crippen molar-refractivity contribution in [3.63, 3.8) is 0 Å². The Balaban J connectivity index is 1.17. The molecule has 50 heavy (non-hydrogen) atoms. The molecule has 1 aromatic heterocycles. The van der Waals surface area contributed by atoms with Crippen molar-refractivity contribution in [2.24, 2.45) is 0 Å². The minimum Gasteiger partial charge on any atom is -0.497 e. The second-order valence-electron chi connectivity index (χ2n) is 12.3. The van der Waals surface area contributed by atoms with Gasteiger partial charge in [-0.25, -0.2) is 4.98 Å². The summed E-state index contributed by atoms with van der Waals surface area (Å²) in [5.41, 5.74) is 5.12. The number of aromatic amines is 1. The van der Waals surface area contributed by atoms with Crippen molar-refractivity contribution < 1.29 is 29.0 Å². The van der Waals surface area contributed by atoms with Gasteiger partial charge in [0.25, 0.3) is 5.91 Å². The van der Waals surface area contributed by atoms with Gasteiger partial charge in [0.2, 0.25) is 5.91 Å². The maximum atomic E-state index is 13.5. The largest absolute Gasteiger partial charge is 0.497 e. The number of aliphatic carboxylic acids is 1. The molecule has 0 bridgehead atoms. The maximum absolute atomic E-state index is 13.5. The number of carboxylic acid groups (broad SMARTS) is 1. The summed E-state index contributed by atoms with van der Waals surface area (Å²) in [7, 11) is 1.58. The second-order valence-corrected chi connectivity index (χ2v) is 12.3. The number of rotatable bonds is 18. The van der Waals surface area contributed by atoms with Crippen molar-refractivity contribution in [3.05, 3.63) is 119 Å². The monoisotopic (exact) mass is 676 g/mol. The van der Waals surface area contributed by atoms with E-state index in [1.165, 1.54) is 30.6 Å². The lowest BCUT2D eigenvalue weighted by molar-refractivity contribution is -0.137. The fourth-order valence-electron chi connectivity index (χ4n) is 5.67. The van der Waals surface area contributed by atoms with Crippen molar-refractivity contribution >= 4 is 34.5 Å². The topological polar surface area (TPSA) is 134 Å². The summed E-state index contributed by atoms with van der Waals surface area (Å²) in [5, 5.41) is 12.4. The maximum Gasteiger partial charge on any atom is 0.323 e. The van der Waals surface area contributed by atoms with Crippen LogP contribution in [0.3, 0.4) is 0 Å². The number of aromatic nitrogens is 2. The summed E-state index contributed by atoms with van der Waals surface area (Å²) in [6.07, 6.45) is 6.80. The zero-order valence-corrected chi connectivity index (χ0v) is 28.6. The van der Waals surface area contributed by atoms with Crippen LogP contribution in [0.1, 0.15) is 71.9 Å². The average molecular weight is 677 g/mol. The molecule has 0 spiro atoms. The van der Waals surface area contributed by atoms with Crippen molar-refractivity contribution in [3.8, 4) is 11.5 Å². The molecule has 10 nitrogen and oxygen atoms in total. The van der Waals surface area contributed by atoms with E-state index in [9.17, 15) is 19.5 Å². The standard InChI is InChI=1S/C40H44N4O6/c1-3-4-5-6-7-22-50-34-19-10-28(11-20-34)24-37-42-35-21-12-30(23-36(35)43-37)26-44(27-39(46)47)40(48)31-13-15-32(16-14-31)41-38(45)25-29-8-17-33(49-2)18-9-29/h8-21,23H,3-7,22,24-27H2,1-2H3,(H,41,45)(H,42,43)(H,46,47). The Labute approximate surface area is 292 Å². The molecule has 0 aliphatic rings. The molecule has 0 saturated carbocycles. The van der Waals surface area contributed by atoms with E-state index in [1.54, 1.807) is 43.5 Å². The molecule has 0 saturated heterocycles. The van der Waals surface area contributed by atoms with Crippen LogP contribution >= 0.6 is 0 Å². The predicted octanol–water partition coefficient (Wildman–Crippen LogP) is 7.42. The van der Waals surface area contributed by atoms with Crippen LogP contribution < -0.4 is 14.8 Å². The number of benzene rings is 4. The molecule has 10 heteroatoms. The minimum atomic E-state index is -1.12. The first-order valence-corrected chi connectivity index (χ1v) is 17.0.